The van der Waals surface area contributed by atoms with Gasteiger partial charge in [0.05, 0.1) is 0 Å². The maximum Gasteiger partial charge on any atom is -0.0251 e. The number of rotatable bonds is 2. The monoisotopic (exact) mass is 186 g/mol. The van der Waals surface area contributed by atoms with Gasteiger partial charge in [-0.05, 0) is 44.9 Å². The van der Waals surface area contributed by atoms with E-state index in [1.165, 1.54) is 22.3 Å². The smallest absolute Gasteiger partial charge is 0.0251 e. The average Bonchev–Trinajstić information content (AvgIpc) is 2.01. The van der Waals surface area contributed by atoms with Crippen LogP contribution in [-0.2, 0) is 0 Å². The molecule has 0 spiro atoms. The third-order valence-electron chi connectivity index (χ3n) is 1.82. The summed E-state index contributed by atoms with van der Waals surface area (Å²) in [6.07, 6.45) is 4.39. The van der Waals surface area contributed by atoms with Crippen LogP contribution in [-0.4, -0.2) is 0 Å². The topological polar surface area (TPSA) is 0 Å². The van der Waals surface area contributed by atoms with Gasteiger partial charge in [-0.15, -0.1) is 0 Å². The summed E-state index contributed by atoms with van der Waals surface area (Å²) in [5, 5.41) is 0. The van der Waals surface area contributed by atoms with Crippen molar-refractivity contribution >= 4 is 12.2 Å². The highest BCUT2D eigenvalue weighted by Gasteiger charge is 1.90. The van der Waals surface area contributed by atoms with Crippen molar-refractivity contribution in [1.29, 1.82) is 0 Å². The lowest BCUT2D eigenvalue weighted by molar-refractivity contribution is 1.41. The summed E-state index contributed by atoms with van der Waals surface area (Å²) >= 11 is 0. The van der Waals surface area contributed by atoms with Gasteiger partial charge >= 0.3 is 0 Å². The largest absolute Gasteiger partial charge is 0.0758 e. The molecule has 0 aromatic heterocycles. The molecule has 0 saturated carbocycles. The predicted octanol–water partition coefficient (Wildman–Crippen LogP) is 4.53. The minimum Gasteiger partial charge on any atom is -0.0758 e. The van der Waals surface area contributed by atoms with E-state index in [2.05, 4.69) is 64.1 Å². The van der Waals surface area contributed by atoms with Crippen LogP contribution in [0.2, 0.25) is 0 Å². The van der Waals surface area contributed by atoms with Gasteiger partial charge in [-0.3, -0.25) is 0 Å². The molecule has 0 atom stereocenters. The molecule has 0 radical (unpaired) electrons. The minimum absolute atomic E-state index is 1.28. The zero-order valence-corrected chi connectivity index (χ0v) is 9.46. The Labute approximate surface area is 87.0 Å². The number of allylic oxidation sites excluding steroid dienone is 2. The minimum atomic E-state index is 1.28. The van der Waals surface area contributed by atoms with Crippen molar-refractivity contribution in [3.05, 3.63) is 46.5 Å². The molecule has 0 heterocycles. The summed E-state index contributed by atoms with van der Waals surface area (Å²) < 4.78 is 0. The van der Waals surface area contributed by atoms with Gasteiger partial charge in [-0.25, -0.2) is 0 Å². The molecule has 0 amide bonds. The van der Waals surface area contributed by atoms with Crippen LogP contribution in [0.15, 0.2) is 35.4 Å². The van der Waals surface area contributed by atoms with Crippen LogP contribution in [0, 0.1) is 0 Å². The standard InChI is InChI=1S/C14H18/c1-11(2)8-13-6-5-7-14(10-13)9-12(3)4/h5-10H,1-4H3. The highest BCUT2D eigenvalue weighted by Crippen LogP contribution is 2.12. The first kappa shape index (κ1) is 10.8. The van der Waals surface area contributed by atoms with Crippen molar-refractivity contribution < 1.29 is 0 Å². The number of benzene rings is 1. The van der Waals surface area contributed by atoms with Crippen LogP contribution in [0.1, 0.15) is 38.8 Å². The summed E-state index contributed by atoms with van der Waals surface area (Å²) in [5.74, 6) is 0. The maximum atomic E-state index is 2.21. The Kier molecular flexibility index (Phi) is 3.70. The summed E-state index contributed by atoms with van der Waals surface area (Å²) in [6.45, 7) is 8.47. The second kappa shape index (κ2) is 4.80. The van der Waals surface area contributed by atoms with E-state index in [1.807, 2.05) is 0 Å². The third-order valence-corrected chi connectivity index (χ3v) is 1.82. The van der Waals surface area contributed by atoms with Crippen LogP contribution in [0.5, 0.6) is 0 Å². The molecule has 0 fully saturated rings. The molecule has 14 heavy (non-hydrogen) atoms. The first-order chi connectivity index (χ1) is 6.58. The van der Waals surface area contributed by atoms with E-state index in [1.54, 1.807) is 0 Å². The van der Waals surface area contributed by atoms with E-state index >= 15 is 0 Å². The molecule has 0 aliphatic rings. The van der Waals surface area contributed by atoms with Gasteiger partial charge in [0.1, 0.15) is 0 Å². The molecule has 1 aromatic rings. The van der Waals surface area contributed by atoms with Crippen LogP contribution in [0.4, 0.5) is 0 Å². The molecular formula is C14H18. The van der Waals surface area contributed by atoms with E-state index in [9.17, 15) is 0 Å². The molecule has 0 saturated heterocycles. The highest BCUT2D eigenvalue weighted by atomic mass is 14.0. The molecular weight excluding hydrogens is 168 g/mol. The van der Waals surface area contributed by atoms with Gasteiger partial charge in [0.2, 0.25) is 0 Å². The summed E-state index contributed by atoms with van der Waals surface area (Å²) in [5.41, 5.74) is 5.22. The third kappa shape index (κ3) is 3.61. The Morgan fingerprint density at radius 1 is 0.857 bits per heavy atom. The molecule has 1 rings (SSSR count). The zero-order chi connectivity index (χ0) is 10.6. The summed E-state index contributed by atoms with van der Waals surface area (Å²) in [4.78, 5) is 0. The lowest BCUT2D eigenvalue weighted by atomic mass is 10.1. The average molecular weight is 186 g/mol. The molecule has 0 N–H and O–H groups in total. The summed E-state index contributed by atoms with van der Waals surface area (Å²) in [6, 6.07) is 8.58. The van der Waals surface area contributed by atoms with E-state index < -0.39 is 0 Å². The molecule has 0 unspecified atom stereocenters. The fourth-order valence-electron chi connectivity index (χ4n) is 1.41. The fourth-order valence-corrected chi connectivity index (χ4v) is 1.41. The van der Waals surface area contributed by atoms with Crippen molar-refractivity contribution in [2.24, 2.45) is 0 Å². The normalized spacial score (nSPS) is 9.43. The molecule has 74 valence electrons. The van der Waals surface area contributed by atoms with Gasteiger partial charge in [-0.1, -0.05) is 41.5 Å². The Hall–Kier alpha value is -1.30. The van der Waals surface area contributed by atoms with E-state index in [0.29, 0.717) is 0 Å². The van der Waals surface area contributed by atoms with Gasteiger partial charge < -0.3 is 0 Å². The Bertz CT molecular complexity index is 326. The number of hydrogen-bond donors (Lipinski definition) is 0. The van der Waals surface area contributed by atoms with Crippen molar-refractivity contribution in [1.82, 2.24) is 0 Å². The van der Waals surface area contributed by atoms with Crippen molar-refractivity contribution in [2.75, 3.05) is 0 Å². The quantitative estimate of drug-likeness (QED) is 0.636. The van der Waals surface area contributed by atoms with Crippen LogP contribution >= 0.6 is 0 Å². The lowest BCUT2D eigenvalue weighted by Crippen LogP contribution is -1.77. The Balaban J connectivity index is 3.01. The van der Waals surface area contributed by atoms with Crippen LogP contribution in [0.25, 0.3) is 12.2 Å². The first-order valence-electron chi connectivity index (χ1n) is 4.98. The summed E-state index contributed by atoms with van der Waals surface area (Å²) in [7, 11) is 0. The SMILES string of the molecule is CC(C)=Cc1cccc(C=C(C)C)c1. The van der Waals surface area contributed by atoms with Crippen molar-refractivity contribution in [3.8, 4) is 0 Å². The molecule has 0 aliphatic carbocycles. The Morgan fingerprint density at radius 3 is 1.64 bits per heavy atom. The van der Waals surface area contributed by atoms with E-state index in [0.717, 1.165) is 0 Å². The van der Waals surface area contributed by atoms with Gasteiger partial charge in [-0.2, -0.15) is 0 Å². The second-order valence-electron chi connectivity index (χ2n) is 4.11. The van der Waals surface area contributed by atoms with E-state index in [-0.39, 0.29) is 0 Å². The van der Waals surface area contributed by atoms with Gasteiger partial charge in [0.25, 0.3) is 0 Å². The van der Waals surface area contributed by atoms with Gasteiger partial charge in [0.15, 0.2) is 0 Å². The maximum absolute atomic E-state index is 2.21. The van der Waals surface area contributed by atoms with E-state index in [4.69, 9.17) is 0 Å². The fraction of sp³-hybridized carbons (Fsp3) is 0.286. The van der Waals surface area contributed by atoms with Crippen LogP contribution in [0.3, 0.4) is 0 Å². The number of hydrogen-bond acceptors (Lipinski definition) is 0. The molecule has 0 bridgehead atoms. The second-order valence-corrected chi connectivity index (χ2v) is 4.11. The molecule has 1 aromatic carbocycles. The van der Waals surface area contributed by atoms with Crippen molar-refractivity contribution in [2.45, 2.75) is 27.7 Å². The Morgan fingerprint density at radius 2 is 1.29 bits per heavy atom. The van der Waals surface area contributed by atoms with Crippen LogP contribution < -0.4 is 0 Å². The molecule has 0 aliphatic heterocycles. The predicted molar refractivity (Wildman–Crippen MR) is 65.1 cm³/mol. The lowest BCUT2D eigenvalue weighted by Gasteiger charge is -1.98. The molecule has 0 heteroatoms. The van der Waals surface area contributed by atoms with Gasteiger partial charge in [0, 0.05) is 0 Å². The molecule has 0 nitrogen and oxygen atoms in total. The highest BCUT2D eigenvalue weighted by molar-refractivity contribution is 5.59. The first-order valence-corrected chi connectivity index (χ1v) is 4.98. The van der Waals surface area contributed by atoms with Crippen molar-refractivity contribution in [3.63, 3.8) is 0 Å². The zero-order valence-electron chi connectivity index (χ0n) is 9.46.